The maximum absolute atomic E-state index is 13.4. The molecule has 4 heteroatoms. The lowest BCUT2D eigenvalue weighted by Crippen LogP contribution is -2.32. The Labute approximate surface area is 170 Å². The first-order valence-electron chi connectivity index (χ1n) is 9.48. The largest absolute Gasteiger partial charge is 0.496 e. The van der Waals surface area contributed by atoms with E-state index in [1.165, 1.54) is 5.56 Å². The van der Waals surface area contributed by atoms with E-state index in [4.69, 9.17) is 9.73 Å². The number of amides is 1. The summed E-state index contributed by atoms with van der Waals surface area (Å²) in [4.78, 5) is 19.8. The van der Waals surface area contributed by atoms with Gasteiger partial charge in [-0.05, 0) is 55.3 Å². The fourth-order valence-corrected chi connectivity index (χ4v) is 3.35. The van der Waals surface area contributed by atoms with Gasteiger partial charge in [0.25, 0.3) is 5.91 Å². The van der Waals surface area contributed by atoms with Crippen molar-refractivity contribution in [2.24, 2.45) is 4.99 Å². The highest BCUT2D eigenvalue weighted by atomic mass is 16.5. The third-order valence-corrected chi connectivity index (χ3v) is 4.85. The standard InChI is InChI=1S/C25H22N2O2/c1-17-11-13-19(14-12-17)16-22-25(28)27(20-8-6-7-18(2)15-20)24(26-22)21-9-4-5-10-23(21)29-3/h4-16H,1-3H3/b22-16+. The molecule has 0 aromatic heterocycles. The van der Waals surface area contributed by atoms with Crippen molar-refractivity contribution in [1.29, 1.82) is 0 Å². The van der Waals surface area contributed by atoms with Crippen molar-refractivity contribution in [3.05, 3.63) is 101 Å². The SMILES string of the molecule is COc1ccccc1C1=N/C(=C/c2ccc(C)cc2)C(=O)N1c1cccc(C)c1. The molecule has 3 aromatic rings. The number of carbonyl (C=O) groups excluding carboxylic acids is 1. The number of anilines is 1. The first kappa shape index (κ1) is 18.7. The molecule has 0 aliphatic carbocycles. The summed E-state index contributed by atoms with van der Waals surface area (Å²) in [6, 6.07) is 23.5. The third-order valence-electron chi connectivity index (χ3n) is 4.85. The average molecular weight is 382 g/mol. The molecular formula is C25H22N2O2. The van der Waals surface area contributed by atoms with Crippen LogP contribution in [0.2, 0.25) is 0 Å². The number of ether oxygens (including phenoxy) is 1. The van der Waals surface area contributed by atoms with Crippen molar-refractivity contribution in [2.75, 3.05) is 12.0 Å². The Morgan fingerprint density at radius 3 is 2.38 bits per heavy atom. The van der Waals surface area contributed by atoms with Crippen molar-refractivity contribution in [2.45, 2.75) is 13.8 Å². The molecule has 0 atom stereocenters. The Morgan fingerprint density at radius 2 is 1.66 bits per heavy atom. The molecule has 1 aliphatic rings. The number of para-hydroxylation sites is 1. The van der Waals surface area contributed by atoms with Crippen LogP contribution in [0.15, 0.2) is 83.5 Å². The predicted molar refractivity (Wildman–Crippen MR) is 117 cm³/mol. The number of benzene rings is 3. The van der Waals surface area contributed by atoms with E-state index in [2.05, 4.69) is 0 Å². The number of carbonyl (C=O) groups is 1. The van der Waals surface area contributed by atoms with E-state index >= 15 is 0 Å². The van der Waals surface area contributed by atoms with Crippen LogP contribution < -0.4 is 9.64 Å². The van der Waals surface area contributed by atoms with Crippen LogP contribution in [-0.4, -0.2) is 18.9 Å². The summed E-state index contributed by atoms with van der Waals surface area (Å²) in [6.45, 7) is 4.04. The summed E-state index contributed by atoms with van der Waals surface area (Å²) in [5.74, 6) is 1.08. The molecule has 4 nitrogen and oxygen atoms in total. The molecule has 29 heavy (non-hydrogen) atoms. The van der Waals surface area contributed by atoms with Crippen LogP contribution >= 0.6 is 0 Å². The highest BCUT2D eigenvalue weighted by molar-refractivity contribution is 6.33. The second-order valence-electron chi connectivity index (χ2n) is 7.06. The monoisotopic (exact) mass is 382 g/mol. The molecule has 3 aromatic carbocycles. The number of nitrogens with zero attached hydrogens (tertiary/aromatic N) is 2. The lowest BCUT2D eigenvalue weighted by molar-refractivity contribution is -0.113. The highest BCUT2D eigenvalue weighted by Gasteiger charge is 2.33. The van der Waals surface area contributed by atoms with Crippen molar-refractivity contribution in [1.82, 2.24) is 0 Å². The van der Waals surface area contributed by atoms with Crippen LogP contribution in [0.4, 0.5) is 5.69 Å². The Morgan fingerprint density at radius 1 is 0.897 bits per heavy atom. The minimum absolute atomic E-state index is 0.155. The maximum Gasteiger partial charge on any atom is 0.282 e. The predicted octanol–water partition coefficient (Wildman–Crippen LogP) is 5.15. The van der Waals surface area contributed by atoms with Gasteiger partial charge in [-0.25, -0.2) is 4.99 Å². The van der Waals surface area contributed by atoms with E-state index < -0.39 is 0 Å². The number of aliphatic imine (C=N–C) groups is 1. The first-order chi connectivity index (χ1) is 14.1. The quantitative estimate of drug-likeness (QED) is 0.586. The second-order valence-corrected chi connectivity index (χ2v) is 7.06. The van der Waals surface area contributed by atoms with Gasteiger partial charge in [0.05, 0.1) is 18.4 Å². The number of amidine groups is 1. The maximum atomic E-state index is 13.4. The molecule has 1 aliphatic heterocycles. The van der Waals surface area contributed by atoms with Crippen molar-refractivity contribution in [3.8, 4) is 5.75 Å². The summed E-state index contributed by atoms with van der Waals surface area (Å²) < 4.78 is 5.53. The first-order valence-corrected chi connectivity index (χ1v) is 9.48. The van der Waals surface area contributed by atoms with Crippen LogP contribution in [0.25, 0.3) is 6.08 Å². The number of rotatable bonds is 4. The van der Waals surface area contributed by atoms with E-state index in [1.807, 2.05) is 92.7 Å². The van der Waals surface area contributed by atoms with Crippen LogP contribution in [0, 0.1) is 13.8 Å². The van der Waals surface area contributed by atoms with Gasteiger partial charge in [-0.1, -0.05) is 54.1 Å². The van der Waals surface area contributed by atoms with E-state index in [1.54, 1.807) is 12.0 Å². The molecule has 0 saturated heterocycles. The van der Waals surface area contributed by atoms with E-state index in [-0.39, 0.29) is 5.91 Å². The fraction of sp³-hybridized carbons (Fsp3) is 0.120. The minimum atomic E-state index is -0.155. The number of hydrogen-bond acceptors (Lipinski definition) is 3. The topological polar surface area (TPSA) is 41.9 Å². The lowest BCUT2D eigenvalue weighted by Gasteiger charge is -2.20. The molecule has 0 N–H and O–H groups in total. The molecular weight excluding hydrogens is 360 g/mol. The molecule has 0 spiro atoms. The van der Waals surface area contributed by atoms with Crippen LogP contribution in [0.3, 0.4) is 0 Å². The second kappa shape index (κ2) is 7.76. The van der Waals surface area contributed by atoms with E-state index in [0.717, 1.165) is 22.4 Å². The molecule has 144 valence electrons. The molecule has 1 amide bonds. The lowest BCUT2D eigenvalue weighted by atomic mass is 10.1. The van der Waals surface area contributed by atoms with Gasteiger partial charge >= 0.3 is 0 Å². The number of hydrogen-bond donors (Lipinski definition) is 0. The van der Waals surface area contributed by atoms with Gasteiger partial charge in [0, 0.05) is 0 Å². The summed E-state index contributed by atoms with van der Waals surface area (Å²) >= 11 is 0. The smallest absolute Gasteiger partial charge is 0.282 e. The van der Waals surface area contributed by atoms with Crippen LogP contribution in [-0.2, 0) is 4.79 Å². The van der Waals surface area contributed by atoms with Gasteiger partial charge in [-0.2, -0.15) is 0 Å². The van der Waals surface area contributed by atoms with Gasteiger partial charge in [0.1, 0.15) is 11.4 Å². The third kappa shape index (κ3) is 3.69. The van der Waals surface area contributed by atoms with Crippen LogP contribution in [0.1, 0.15) is 22.3 Å². The summed E-state index contributed by atoms with van der Waals surface area (Å²) in [5, 5.41) is 0. The molecule has 4 rings (SSSR count). The molecule has 0 unspecified atom stereocenters. The highest BCUT2D eigenvalue weighted by Crippen LogP contribution is 2.31. The Hall–Kier alpha value is -3.66. The summed E-state index contributed by atoms with van der Waals surface area (Å²) in [5.41, 5.74) is 5.14. The number of aryl methyl sites for hydroxylation is 2. The van der Waals surface area contributed by atoms with Crippen molar-refractivity contribution >= 4 is 23.5 Å². The average Bonchev–Trinajstić information content (AvgIpc) is 3.05. The van der Waals surface area contributed by atoms with Gasteiger partial charge in [0.15, 0.2) is 5.84 Å². The van der Waals surface area contributed by atoms with Crippen molar-refractivity contribution < 1.29 is 9.53 Å². The van der Waals surface area contributed by atoms with Gasteiger partial charge < -0.3 is 4.74 Å². The molecule has 1 heterocycles. The van der Waals surface area contributed by atoms with Crippen molar-refractivity contribution in [3.63, 3.8) is 0 Å². The molecule has 0 fully saturated rings. The van der Waals surface area contributed by atoms with Crippen LogP contribution in [0.5, 0.6) is 5.75 Å². The Bertz CT molecular complexity index is 1130. The minimum Gasteiger partial charge on any atom is -0.496 e. The zero-order chi connectivity index (χ0) is 20.4. The summed E-state index contributed by atoms with van der Waals surface area (Å²) in [6.07, 6.45) is 1.83. The Kier molecular flexibility index (Phi) is 5.00. The zero-order valence-electron chi connectivity index (χ0n) is 16.7. The normalized spacial score (nSPS) is 15.0. The van der Waals surface area contributed by atoms with Gasteiger partial charge in [-0.15, -0.1) is 0 Å². The Balaban J connectivity index is 1.86. The van der Waals surface area contributed by atoms with E-state index in [9.17, 15) is 4.79 Å². The van der Waals surface area contributed by atoms with E-state index in [0.29, 0.717) is 17.3 Å². The fourth-order valence-electron chi connectivity index (χ4n) is 3.35. The molecule has 0 saturated carbocycles. The zero-order valence-corrected chi connectivity index (χ0v) is 16.7. The van der Waals surface area contributed by atoms with Gasteiger partial charge in [0.2, 0.25) is 0 Å². The molecule has 0 radical (unpaired) electrons. The molecule has 0 bridgehead atoms. The number of methoxy groups -OCH3 is 1. The summed E-state index contributed by atoms with van der Waals surface area (Å²) in [7, 11) is 1.62. The van der Waals surface area contributed by atoms with Gasteiger partial charge in [-0.3, -0.25) is 9.69 Å².